The molecule has 0 saturated carbocycles. The SMILES string of the molecule is COc1cccc(CCc2ccccc2OCC(CN(C)C)OC(=O)CCCCC(=O)O)c1. The van der Waals surface area contributed by atoms with Crippen LogP contribution in [0.2, 0.25) is 0 Å². The Morgan fingerprint density at radius 3 is 2.48 bits per heavy atom. The predicted octanol–water partition coefficient (Wildman–Crippen LogP) is 3.98. The largest absolute Gasteiger partial charge is 0.497 e. The standard InChI is InChI=1S/C26H35NO6/c1-27(2)18-23(33-26(30)14-7-6-13-25(28)29)19-32-24-12-5-4-10-21(24)16-15-20-9-8-11-22(17-20)31-3/h4-5,8-12,17,23H,6-7,13-16,18-19H2,1-3H3,(H,28,29). The number of benzene rings is 2. The Hall–Kier alpha value is -3.06. The van der Waals surface area contributed by atoms with Gasteiger partial charge in [-0.05, 0) is 69.1 Å². The molecule has 7 nitrogen and oxygen atoms in total. The number of carboxylic acids is 1. The molecule has 0 amide bonds. The van der Waals surface area contributed by atoms with Crippen LogP contribution in [0.5, 0.6) is 11.5 Å². The van der Waals surface area contributed by atoms with E-state index in [1.165, 1.54) is 5.56 Å². The van der Waals surface area contributed by atoms with E-state index in [0.29, 0.717) is 19.4 Å². The van der Waals surface area contributed by atoms with E-state index < -0.39 is 12.1 Å². The highest BCUT2D eigenvalue weighted by atomic mass is 16.6. The summed E-state index contributed by atoms with van der Waals surface area (Å²) in [5.74, 6) is 0.435. The van der Waals surface area contributed by atoms with Gasteiger partial charge >= 0.3 is 11.9 Å². The molecule has 0 aliphatic rings. The van der Waals surface area contributed by atoms with Crippen molar-refractivity contribution in [3.8, 4) is 11.5 Å². The lowest BCUT2D eigenvalue weighted by molar-refractivity contribution is -0.151. The molecular weight excluding hydrogens is 422 g/mol. The number of esters is 1. The quantitative estimate of drug-likeness (QED) is 0.320. The Morgan fingerprint density at radius 2 is 1.76 bits per heavy atom. The second-order valence-electron chi connectivity index (χ2n) is 8.25. The maximum atomic E-state index is 12.2. The Bertz CT molecular complexity index is 883. The van der Waals surface area contributed by atoms with Crippen LogP contribution in [-0.2, 0) is 27.2 Å². The molecule has 7 heteroatoms. The Labute approximate surface area is 196 Å². The number of para-hydroxylation sites is 1. The summed E-state index contributed by atoms with van der Waals surface area (Å²) < 4.78 is 17.0. The summed E-state index contributed by atoms with van der Waals surface area (Å²) in [5, 5.41) is 8.71. The Balaban J connectivity index is 1.92. The van der Waals surface area contributed by atoms with Gasteiger partial charge in [-0.15, -0.1) is 0 Å². The minimum atomic E-state index is -0.854. The molecule has 1 N–H and O–H groups in total. The number of aryl methyl sites for hydroxylation is 2. The van der Waals surface area contributed by atoms with Crippen molar-refractivity contribution in [3.63, 3.8) is 0 Å². The van der Waals surface area contributed by atoms with Crippen LogP contribution in [0.4, 0.5) is 0 Å². The summed E-state index contributed by atoms with van der Waals surface area (Å²) >= 11 is 0. The maximum absolute atomic E-state index is 12.2. The highest BCUT2D eigenvalue weighted by Crippen LogP contribution is 2.22. The van der Waals surface area contributed by atoms with E-state index in [1.54, 1.807) is 7.11 Å². The van der Waals surface area contributed by atoms with Crippen molar-refractivity contribution in [1.29, 1.82) is 0 Å². The van der Waals surface area contributed by atoms with E-state index in [0.717, 1.165) is 29.9 Å². The fourth-order valence-corrected chi connectivity index (χ4v) is 3.46. The summed E-state index contributed by atoms with van der Waals surface area (Å²) in [6.07, 6.45) is 2.46. The van der Waals surface area contributed by atoms with Gasteiger partial charge < -0.3 is 24.2 Å². The summed E-state index contributed by atoms with van der Waals surface area (Å²) in [6, 6.07) is 15.9. The minimum absolute atomic E-state index is 0.0596. The van der Waals surface area contributed by atoms with Gasteiger partial charge in [-0.2, -0.15) is 0 Å². The number of carbonyl (C=O) groups excluding carboxylic acids is 1. The average molecular weight is 458 g/mol. The van der Waals surface area contributed by atoms with E-state index in [2.05, 4.69) is 6.07 Å². The number of hydrogen-bond donors (Lipinski definition) is 1. The monoisotopic (exact) mass is 457 g/mol. The highest BCUT2D eigenvalue weighted by Gasteiger charge is 2.17. The van der Waals surface area contributed by atoms with Gasteiger partial charge in [0, 0.05) is 19.4 Å². The van der Waals surface area contributed by atoms with Crippen LogP contribution in [0.1, 0.15) is 36.8 Å². The summed E-state index contributed by atoms with van der Waals surface area (Å²) in [5.41, 5.74) is 2.27. The van der Waals surface area contributed by atoms with Crippen molar-refractivity contribution in [2.24, 2.45) is 0 Å². The zero-order valence-electron chi connectivity index (χ0n) is 19.8. The number of unbranched alkanes of at least 4 members (excludes halogenated alkanes) is 1. The molecule has 0 radical (unpaired) electrons. The maximum Gasteiger partial charge on any atom is 0.306 e. The lowest BCUT2D eigenvalue weighted by atomic mass is 10.0. The van der Waals surface area contributed by atoms with Crippen molar-refractivity contribution < 1.29 is 28.9 Å². The van der Waals surface area contributed by atoms with E-state index >= 15 is 0 Å². The van der Waals surface area contributed by atoms with Crippen molar-refractivity contribution in [3.05, 3.63) is 59.7 Å². The fourth-order valence-electron chi connectivity index (χ4n) is 3.46. The molecule has 0 bridgehead atoms. The lowest BCUT2D eigenvalue weighted by Crippen LogP contribution is -2.35. The van der Waals surface area contributed by atoms with Crippen LogP contribution in [-0.4, -0.2) is 62.4 Å². The van der Waals surface area contributed by atoms with Gasteiger partial charge in [-0.3, -0.25) is 9.59 Å². The molecule has 2 aromatic carbocycles. The van der Waals surface area contributed by atoms with Gasteiger partial charge in [0.2, 0.25) is 0 Å². The second kappa shape index (κ2) is 14.2. The third-order valence-electron chi connectivity index (χ3n) is 5.10. The normalized spacial score (nSPS) is 11.8. The molecule has 2 rings (SSSR count). The summed E-state index contributed by atoms with van der Waals surface area (Å²) in [7, 11) is 5.49. The Morgan fingerprint density at radius 1 is 1.00 bits per heavy atom. The first-order valence-electron chi connectivity index (χ1n) is 11.3. The van der Waals surface area contributed by atoms with Crippen molar-refractivity contribution in [2.75, 3.05) is 34.4 Å². The number of ether oxygens (including phenoxy) is 3. The number of likely N-dealkylation sites (N-methyl/N-ethyl adjacent to an activating group) is 1. The van der Waals surface area contributed by atoms with Crippen molar-refractivity contribution >= 4 is 11.9 Å². The first kappa shape index (κ1) is 26.2. The first-order chi connectivity index (χ1) is 15.9. The van der Waals surface area contributed by atoms with Gasteiger partial charge in [-0.25, -0.2) is 0 Å². The molecule has 180 valence electrons. The summed E-state index contributed by atoms with van der Waals surface area (Å²) in [6.45, 7) is 0.780. The highest BCUT2D eigenvalue weighted by molar-refractivity contribution is 5.70. The number of carbonyl (C=O) groups is 2. The Kier molecular flexibility index (Phi) is 11.2. The van der Waals surface area contributed by atoms with Crippen LogP contribution >= 0.6 is 0 Å². The molecule has 2 aromatic rings. The van der Waals surface area contributed by atoms with Crippen molar-refractivity contribution in [2.45, 2.75) is 44.6 Å². The molecule has 0 aromatic heterocycles. The zero-order chi connectivity index (χ0) is 24.1. The molecule has 1 unspecified atom stereocenters. The molecule has 33 heavy (non-hydrogen) atoms. The molecule has 0 heterocycles. The average Bonchev–Trinajstić information content (AvgIpc) is 2.79. The number of hydrogen-bond acceptors (Lipinski definition) is 6. The van der Waals surface area contributed by atoms with E-state index in [9.17, 15) is 9.59 Å². The van der Waals surface area contributed by atoms with Gasteiger partial charge in [0.1, 0.15) is 24.2 Å². The van der Waals surface area contributed by atoms with Crippen LogP contribution in [0.15, 0.2) is 48.5 Å². The van der Waals surface area contributed by atoms with Crippen LogP contribution in [0.3, 0.4) is 0 Å². The number of nitrogens with zero attached hydrogens (tertiary/aromatic N) is 1. The van der Waals surface area contributed by atoms with Crippen LogP contribution < -0.4 is 9.47 Å². The molecule has 0 saturated heterocycles. The smallest absolute Gasteiger partial charge is 0.306 e. The van der Waals surface area contributed by atoms with Crippen LogP contribution in [0, 0.1) is 0 Å². The second-order valence-corrected chi connectivity index (χ2v) is 8.25. The molecule has 1 atom stereocenters. The third kappa shape index (κ3) is 10.4. The predicted molar refractivity (Wildman–Crippen MR) is 127 cm³/mol. The number of rotatable bonds is 15. The fraction of sp³-hybridized carbons (Fsp3) is 0.462. The molecule has 0 fully saturated rings. The van der Waals surface area contributed by atoms with E-state index in [1.807, 2.05) is 61.5 Å². The molecule has 0 aliphatic carbocycles. The van der Waals surface area contributed by atoms with Gasteiger partial charge in [0.05, 0.1) is 7.11 Å². The van der Waals surface area contributed by atoms with Crippen molar-refractivity contribution in [1.82, 2.24) is 4.90 Å². The van der Waals surface area contributed by atoms with Gasteiger partial charge in [0.25, 0.3) is 0 Å². The lowest BCUT2D eigenvalue weighted by Gasteiger charge is -2.22. The van der Waals surface area contributed by atoms with Gasteiger partial charge in [-0.1, -0.05) is 30.3 Å². The van der Waals surface area contributed by atoms with E-state index in [-0.39, 0.29) is 25.4 Å². The summed E-state index contributed by atoms with van der Waals surface area (Å²) in [4.78, 5) is 24.8. The van der Waals surface area contributed by atoms with E-state index in [4.69, 9.17) is 19.3 Å². The number of aliphatic carboxylic acids is 1. The van der Waals surface area contributed by atoms with Gasteiger partial charge in [0.15, 0.2) is 0 Å². The minimum Gasteiger partial charge on any atom is -0.497 e. The molecular formula is C26H35NO6. The third-order valence-corrected chi connectivity index (χ3v) is 5.10. The molecule has 0 spiro atoms. The number of carboxylic acid groups (broad SMARTS) is 1. The topological polar surface area (TPSA) is 85.3 Å². The zero-order valence-corrected chi connectivity index (χ0v) is 19.8. The van der Waals surface area contributed by atoms with Crippen LogP contribution in [0.25, 0.3) is 0 Å². The number of methoxy groups -OCH3 is 1. The first-order valence-corrected chi connectivity index (χ1v) is 11.3. The molecule has 0 aliphatic heterocycles.